The summed E-state index contributed by atoms with van der Waals surface area (Å²) in [4.78, 5) is 18.8. The molecule has 1 N–H and O–H groups in total. The van der Waals surface area contributed by atoms with Gasteiger partial charge in [-0.05, 0) is 44.2 Å². The number of pyridine rings is 1. The number of nitrogens with zero attached hydrogens (tertiary/aromatic N) is 3. The number of amides is 1. The lowest BCUT2D eigenvalue weighted by Gasteiger charge is -2.15. The second-order valence-electron chi connectivity index (χ2n) is 6.44. The van der Waals surface area contributed by atoms with Crippen molar-refractivity contribution in [2.45, 2.75) is 52.6 Å². The van der Waals surface area contributed by atoms with Gasteiger partial charge in [0.05, 0.1) is 27.7 Å². The van der Waals surface area contributed by atoms with Gasteiger partial charge in [0.1, 0.15) is 0 Å². The van der Waals surface area contributed by atoms with E-state index in [-0.39, 0.29) is 18.0 Å². The van der Waals surface area contributed by atoms with Crippen molar-refractivity contribution in [3.05, 3.63) is 35.3 Å². The molecule has 0 aromatic carbocycles. The van der Waals surface area contributed by atoms with Crippen molar-refractivity contribution in [1.82, 2.24) is 20.1 Å². The Morgan fingerprint density at radius 2 is 2.08 bits per heavy atom. The van der Waals surface area contributed by atoms with E-state index in [0.717, 1.165) is 34.4 Å². The molecular weight excluding hydrogens is 332 g/mol. The summed E-state index contributed by atoms with van der Waals surface area (Å²) in [6.07, 6.45) is 3.58. The first-order valence-electron chi connectivity index (χ1n) is 8.78. The fourth-order valence-corrected chi connectivity index (χ4v) is 3.58. The summed E-state index contributed by atoms with van der Waals surface area (Å²) in [5.74, 6) is -0.0535. The molecule has 0 saturated heterocycles. The fourth-order valence-electron chi connectivity index (χ4n) is 2.89. The van der Waals surface area contributed by atoms with E-state index in [1.807, 2.05) is 28.3 Å². The maximum absolute atomic E-state index is 12.9. The zero-order valence-electron chi connectivity index (χ0n) is 15.1. The van der Waals surface area contributed by atoms with Crippen LogP contribution >= 0.6 is 11.3 Å². The molecule has 0 fully saturated rings. The Hall–Kier alpha value is -2.21. The van der Waals surface area contributed by atoms with E-state index < -0.39 is 0 Å². The molecular formula is C19H24N4OS. The van der Waals surface area contributed by atoms with Gasteiger partial charge in [0.2, 0.25) is 0 Å². The van der Waals surface area contributed by atoms with Gasteiger partial charge in [-0.25, -0.2) is 9.67 Å². The highest BCUT2D eigenvalue weighted by Crippen LogP contribution is 2.29. The normalized spacial score (nSPS) is 11.6. The molecule has 0 bridgehead atoms. The van der Waals surface area contributed by atoms with Crippen molar-refractivity contribution >= 4 is 28.3 Å². The van der Waals surface area contributed by atoms with Crippen molar-refractivity contribution < 1.29 is 4.79 Å². The average Bonchev–Trinajstić information content (AvgIpc) is 3.27. The molecule has 0 aliphatic heterocycles. The first-order chi connectivity index (χ1) is 12.0. The molecule has 3 aromatic heterocycles. The largest absolute Gasteiger partial charge is 0.349 e. The minimum absolute atomic E-state index is 0.0535. The molecule has 0 atom stereocenters. The fraction of sp³-hybridized carbons (Fsp3) is 0.421. The van der Waals surface area contributed by atoms with E-state index >= 15 is 0 Å². The lowest BCUT2D eigenvalue weighted by molar-refractivity contribution is 0.0936. The first kappa shape index (κ1) is 17.6. The molecule has 25 heavy (non-hydrogen) atoms. The molecule has 5 nitrogen and oxygen atoms in total. The average molecular weight is 356 g/mol. The second kappa shape index (κ2) is 7.35. The van der Waals surface area contributed by atoms with Gasteiger partial charge in [-0.1, -0.05) is 19.9 Å². The molecule has 0 aliphatic rings. The van der Waals surface area contributed by atoms with Crippen LogP contribution in [0.4, 0.5) is 0 Å². The number of hydrogen-bond acceptors (Lipinski definition) is 4. The van der Waals surface area contributed by atoms with Crippen LogP contribution < -0.4 is 5.32 Å². The summed E-state index contributed by atoms with van der Waals surface area (Å²) in [5.41, 5.74) is 2.22. The summed E-state index contributed by atoms with van der Waals surface area (Å²) in [7, 11) is 0. The van der Waals surface area contributed by atoms with E-state index in [9.17, 15) is 4.79 Å². The molecule has 0 saturated carbocycles. The number of hydrogen-bond donors (Lipinski definition) is 1. The number of aromatic nitrogens is 3. The summed E-state index contributed by atoms with van der Waals surface area (Å²) < 4.78 is 1.88. The summed E-state index contributed by atoms with van der Waals surface area (Å²) >= 11 is 1.62. The van der Waals surface area contributed by atoms with Gasteiger partial charge in [0.25, 0.3) is 5.91 Å². The highest BCUT2D eigenvalue weighted by Gasteiger charge is 2.20. The topological polar surface area (TPSA) is 59.8 Å². The standard InChI is InChI=1S/C19H24N4OS/c1-5-13(6-2)21-19(24)14-10-16(17-8-7-9-25-17)22-18-15(14)11-20-23(18)12(3)4/h7-13H,5-6H2,1-4H3,(H,21,24). The molecule has 3 heterocycles. The second-order valence-corrected chi connectivity index (χ2v) is 7.39. The SMILES string of the molecule is CCC(CC)NC(=O)c1cc(-c2cccs2)nc2c1cnn2C(C)C. The van der Waals surface area contributed by atoms with Gasteiger partial charge < -0.3 is 5.32 Å². The van der Waals surface area contributed by atoms with E-state index in [2.05, 4.69) is 38.1 Å². The van der Waals surface area contributed by atoms with E-state index in [1.165, 1.54) is 0 Å². The first-order valence-corrected chi connectivity index (χ1v) is 9.66. The zero-order valence-corrected chi connectivity index (χ0v) is 15.9. The van der Waals surface area contributed by atoms with Crippen LogP contribution in [0.25, 0.3) is 21.6 Å². The minimum Gasteiger partial charge on any atom is -0.349 e. The summed E-state index contributed by atoms with van der Waals surface area (Å²) in [6, 6.07) is 6.27. The number of carbonyl (C=O) groups is 1. The van der Waals surface area contributed by atoms with Gasteiger partial charge in [0.15, 0.2) is 5.65 Å². The third-order valence-corrected chi connectivity index (χ3v) is 5.29. The minimum atomic E-state index is -0.0535. The van der Waals surface area contributed by atoms with Crippen LogP contribution in [0.15, 0.2) is 29.8 Å². The third-order valence-electron chi connectivity index (χ3n) is 4.39. The van der Waals surface area contributed by atoms with E-state index in [1.54, 1.807) is 17.5 Å². The Kier molecular flexibility index (Phi) is 5.18. The number of carbonyl (C=O) groups excluding carboxylic acids is 1. The predicted molar refractivity (Wildman–Crippen MR) is 103 cm³/mol. The molecule has 132 valence electrons. The maximum atomic E-state index is 12.9. The quantitative estimate of drug-likeness (QED) is 0.699. The number of nitrogens with one attached hydrogen (secondary N) is 1. The van der Waals surface area contributed by atoms with Crippen LogP contribution in [0.5, 0.6) is 0 Å². The predicted octanol–water partition coefficient (Wildman–Crippen LogP) is 4.66. The number of thiophene rings is 1. The Bertz CT molecular complexity index is 863. The monoisotopic (exact) mass is 356 g/mol. The van der Waals surface area contributed by atoms with Crippen LogP contribution in [0.2, 0.25) is 0 Å². The lowest BCUT2D eigenvalue weighted by atomic mass is 10.1. The molecule has 3 rings (SSSR count). The zero-order chi connectivity index (χ0) is 18.0. The van der Waals surface area contributed by atoms with Crippen LogP contribution in [0.3, 0.4) is 0 Å². The number of rotatable bonds is 6. The highest BCUT2D eigenvalue weighted by molar-refractivity contribution is 7.13. The molecule has 0 radical (unpaired) electrons. The van der Waals surface area contributed by atoms with Crippen LogP contribution in [0.1, 0.15) is 56.9 Å². The third kappa shape index (κ3) is 3.44. The van der Waals surface area contributed by atoms with Gasteiger partial charge >= 0.3 is 0 Å². The van der Waals surface area contributed by atoms with Gasteiger partial charge in [-0.2, -0.15) is 5.10 Å². The molecule has 6 heteroatoms. The van der Waals surface area contributed by atoms with Crippen molar-refractivity contribution in [3.63, 3.8) is 0 Å². The molecule has 0 unspecified atom stereocenters. The van der Waals surface area contributed by atoms with Crippen molar-refractivity contribution in [2.75, 3.05) is 0 Å². The van der Waals surface area contributed by atoms with Crippen LogP contribution in [0, 0.1) is 0 Å². The van der Waals surface area contributed by atoms with Gasteiger partial charge in [-0.15, -0.1) is 11.3 Å². The van der Waals surface area contributed by atoms with Crippen LogP contribution in [-0.2, 0) is 0 Å². The van der Waals surface area contributed by atoms with Crippen molar-refractivity contribution in [1.29, 1.82) is 0 Å². The van der Waals surface area contributed by atoms with E-state index in [0.29, 0.717) is 5.56 Å². The molecule has 0 spiro atoms. The Morgan fingerprint density at radius 3 is 2.68 bits per heavy atom. The summed E-state index contributed by atoms with van der Waals surface area (Å²) in [6.45, 7) is 8.31. The summed E-state index contributed by atoms with van der Waals surface area (Å²) in [5, 5.41) is 10.4. The Morgan fingerprint density at radius 1 is 1.32 bits per heavy atom. The molecule has 1 amide bonds. The van der Waals surface area contributed by atoms with Crippen molar-refractivity contribution in [2.24, 2.45) is 0 Å². The van der Waals surface area contributed by atoms with E-state index in [4.69, 9.17) is 4.98 Å². The van der Waals surface area contributed by atoms with Crippen LogP contribution in [-0.4, -0.2) is 26.7 Å². The molecule has 0 aliphatic carbocycles. The smallest absolute Gasteiger partial charge is 0.252 e. The Labute approximate surface area is 152 Å². The van der Waals surface area contributed by atoms with Crippen molar-refractivity contribution in [3.8, 4) is 10.6 Å². The van der Waals surface area contributed by atoms with Gasteiger partial charge in [-0.3, -0.25) is 4.79 Å². The van der Waals surface area contributed by atoms with Gasteiger partial charge in [0, 0.05) is 12.1 Å². The Balaban J connectivity index is 2.14. The number of fused-ring (bicyclic) bond motifs is 1. The lowest BCUT2D eigenvalue weighted by Crippen LogP contribution is -2.34. The molecule has 3 aromatic rings. The highest BCUT2D eigenvalue weighted by atomic mass is 32.1. The maximum Gasteiger partial charge on any atom is 0.252 e.